The van der Waals surface area contributed by atoms with Crippen LogP contribution in [0.15, 0.2) is 41.5 Å². The molecule has 140 valence electrons. The van der Waals surface area contributed by atoms with E-state index in [0.29, 0.717) is 15.6 Å². The maximum absolute atomic E-state index is 11.7. The van der Waals surface area contributed by atoms with Gasteiger partial charge in [0.1, 0.15) is 0 Å². The number of benzene rings is 2. The van der Waals surface area contributed by atoms with E-state index in [-0.39, 0.29) is 6.04 Å². The van der Waals surface area contributed by atoms with Gasteiger partial charge in [0.15, 0.2) is 0 Å². The minimum Gasteiger partial charge on any atom is -0.355 e. The van der Waals surface area contributed by atoms with Crippen molar-refractivity contribution in [3.05, 3.63) is 57.6 Å². The van der Waals surface area contributed by atoms with Crippen LogP contribution in [0.3, 0.4) is 0 Å². The molecule has 2 aromatic rings. The van der Waals surface area contributed by atoms with Gasteiger partial charge in [-0.1, -0.05) is 29.3 Å². The van der Waals surface area contributed by atoms with Gasteiger partial charge in [0.2, 0.25) is 0 Å². The molecule has 0 aromatic heterocycles. The minimum absolute atomic E-state index is 0.109. The Hall–Kier alpha value is -2.57. The molecule has 0 bridgehead atoms. The van der Waals surface area contributed by atoms with Crippen LogP contribution < -0.4 is 16.1 Å². The molecule has 0 spiro atoms. The highest BCUT2D eigenvalue weighted by molar-refractivity contribution is 6.35. The lowest BCUT2D eigenvalue weighted by Gasteiger charge is -2.11. The molecule has 2 amide bonds. The highest BCUT2D eigenvalue weighted by Crippen LogP contribution is 2.26. The number of hydrogen-bond acceptors (Lipinski definition) is 4. The molecule has 0 heterocycles. The van der Waals surface area contributed by atoms with Crippen LogP contribution in [0.5, 0.6) is 0 Å². The molecule has 1 aliphatic rings. The summed E-state index contributed by atoms with van der Waals surface area (Å²) in [5.74, 6) is -1.49. The predicted molar refractivity (Wildman–Crippen MR) is 108 cm³/mol. The number of halogens is 2. The van der Waals surface area contributed by atoms with Crippen molar-refractivity contribution in [3.63, 3.8) is 0 Å². The fourth-order valence-electron chi connectivity index (χ4n) is 2.27. The van der Waals surface area contributed by atoms with Crippen LogP contribution in [0.1, 0.15) is 24.0 Å². The smallest absolute Gasteiger partial charge is 0.329 e. The number of amides is 2. The third-order valence-corrected chi connectivity index (χ3v) is 4.60. The molecule has 0 radical (unpaired) electrons. The topological polar surface area (TPSA) is 82.6 Å². The number of hydrazone groups is 1. The van der Waals surface area contributed by atoms with E-state index in [1.165, 1.54) is 6.21 Å². The lowest BCUT2D eigenvalue weighted by atomic mass is 10.1. The average Bonchev–Trinajstić information content (AvgIpc) is 3.44. The van der Waals surface area contributed by atoms with Crippen LogP contribution in [-0.2, 0) is 9.59 Å². The Morgan fingerprint density at radius 2 is 1.89 bits per heavy atom. The molecule has 6 nitrogen and oxygen atoms in total. The lowest BCUT2D eigenvalue weighted by Crippen LogP contribution is -2.38. The second-order valence-corrected chi connectivity index (χ2v) is 7.11. The summed E-state index contributed by atoms with van der Waals surface area (Å²) >= 11 is 12.2. The molecule has 3 rings (SSSR count). The largest absolute Gasteiger partial charge is 0.355 e. The summed E-state index contributed by atoms with van der Waals surface area (Å²) in [5, 5.41) is 10.9. The molecule has 0 unspecified atom stereocenters. The van der Waals surface area contributed by atoms with E-state index >= 15 is 0 Å². The first-order valence-corrected chi connectivity index (χ1v) is 9.14. The van der Waals surface area contributed by atoms with E-state index in [4.69, 9.17) is 23.2 Å². The maximum Gasteiger partial charge on any atom is 0.329 e. The summed E-state index contributed by atoms with van der Waals surface area (Å²) in [6, 6.07) is 11.0. The fraction of sp³-hybridized carbons (Fsp3) is 0.211. The minimum atomic E-state index is -0.806. The number of rotatable bonds is 5. The van der Waals surface area contributed by atoms with Crippen LogP contribution >= 0.6 is 23.2 Å². The van der Waals surface area contributed by atoms with Crippen LogP contribution in [0.25, 0.3) is 0 Å². The van der Waals surface area contributed by atoms with Gasteiger partial charge in [-0.2, -0.15) is 5.10 Å². The summed E-state index contributed by atoms with van der Waals surface area (Å²) in [7, 11) is 0. The number of hydrogen-bond donors (Lipinski definition) is 3. The van der Waals surface area contributed by atoms with Crippen molar-refractivity contribution < 1.29 is 9.59 Å². The highest BCUT2D eigenvalue weighted by atomic mass is 35.5. The molecule has 0 atom stereocenters. The van der Waals surface area contributed by atoms with Gasteiger partial charge in [-0.3, -0.25) is 9.59 Å². The molecule has 8 heteroatoms. The first-order valence-electron chi connectivity index (χ1n) is 8.39. The van der Waals surface area contributed by atoms with E-state index < -0.39 is 11.8 Å². The van der Waals surface area contributed by atoms with Crippen molar-refractivity contribution in [3.8, 4) is 0 Å². The van der Waals surface area contributed by atoms with Crippen LogP contribution in [-0.4, -0.2) is 24.1 Å². The van der Waals surface area contributed by atoms with Gasteiger partial charge in [0, 0.05) is 33.0 Å². The van der Waals surface area contributed by atoms with Gasteiger partial charge in [0.05, 0.1) is 6.21 Å². The van der Waals surface area contributed by atoms with Crippen LogP contribution in [0, 0.1) is 6.92 Å². The molecule has 0 aliphatic heterocycles. The zero-order valence-electron chi connectivity index (χ0n) is 14.6. The summed E-state index contributed by atoms with van der Waals surface area (Å²) < 4.78 is 0. The molecular formula is C19H18Cl2N4O2. The molecular weight excluding hydrogens is 387 g/mol. The average molecular weight is 405 g/mol. The third-order valence-electron chi connectivity index (χ3n) is 3.95. The van der Waals surface area contributed by atoms with E-state index in [0.717, 1.165) is 29.8 Å². The standard InChI is InChI=1S/C19H18Cl2N4O2/c1-11-2-4-15(9-16(11)21)23-17-7-3-13(20)8-12(17)10-22-25-19(27)18(26)24-14-5-6-14/h2-4,7-10,14,23H,5-6H2,1H3,(H,24,26)(H,25,27)/b22-10-. The number of anilines is 2. The number of carbonyl (C=O) groups is 2. The van der Waals surface area contributed by atoms with Crippen molar-refractivity contribution in [2.24, 2.45) is 5.10 Å². The molecule has 27 heavy (non-hydrogen) atoms. The Bertz CT molecular complexity index is 911. The molecule has 1 aliphatic carbocycles. The van der Waals surface area contributed by atoms with E-state index in [9.17, 15) is 9.59 Å². The van der Waals surface area contributed by atoms with Gasteiger partial charge < -0.3 is 10.6 Å². The zero-order valence-corrected chi connectivity index (χ0v) is 16.1. The Balaban J connectivity index is 1.70. The van der Waals surface area contributed by atoms with Gasteiger partial charge in [0.25, 0.3) is 0 Å². The second kappa shape index (κ2) is 8.41. The monoisotopic (exact) mass is 404 g/mol. The Kier molecular flexibility index (Phi) is 5.98. The molecule has 0 saturated heterocycles. The van der Waals surface area contributed by atoms with Crippen molar-refractivity contribution >= 4 is 52.6 Å². The Labute approximate surface area is 166 Å². The summed E-state index contributed by atoms with van der Waals surface area (Å²) in [6.07, 6.45) is 3.23. The van der Waals surface area contributed by atoms with Gasteiger partial charge in [-0.05, 0) is 55.7 Å². The first-order chi connectivity index (χ1) is 12.9. The van der Waals surface area contributed by atoms with E-state index in [1.54, 1.807) is 18.2 Å². The number of nitrogens with zero attached hydrogens (tertiary/aromatic N) is 1. The number of nitrogens with one attached hydrogen (secondary N) is 3. The number of carbonyl (C=O) groups excluding carboxylic acids is 2. The molecule has 1 saturated carbocycles. The van der Waals surface area contributed by atoms with Crippen molar-refractivity contribution in [2.75, 3.05) is 5.32 Å². The maximum atomic E-state index is 11.7. The number of aryl methyl sites for hydroxylation is 1. The normalized spacial score (nSPS) is 13.4. The van der Waals surface area contributed by atoms with Crippen LogP contribution in [0.2, 0.25) is 10.0 Å². The van der Waals surface area contributed by atoms with Gasteiger partial charge >= 0.3 is 11.8 Å². The van der Waals surface area contributed by atoms with Crippen molar-refractivity contribution in [1.82, 2.24) is 10.7 Å². The first kappa shape index (κ1) is 19.2. The highest BCUT2D eigenvalue weighted by Gasteiger charge is 2.26. The molecule has 3 N–H and O–H groups in total. The van der Waals surface area contributed by atoms with E-state index in [1.807, 2.05) is 25.1 Å². The van der Waals surface area contributed by atoms with Crippen molar-refractivity contribution in [1.29, 1.82) is 0 Å². The Morgan fingerprint density at radius 3 is 2.59 bits per heavy atom. The van der Waals surface area contributed by atoms with Crippen LogP contribution in [0.4, 0.5) is 11.4 Å². The second-order valence-electron chi connectivity index (χ2n) is 6.27. The predicted octanol–water partition coefficient (Wildman–Crippen LogP) is 3.77. The van der Waals surface area contributed by atoms with Crippen molar-refractivity contribution in [2.45, 2.75) is 25.8 Å². The zero-order chi connectivity index (χ0) is 19.4. The third kappa shape index (κ3) is 5.45. The molecule has 1 fully saturated rings. The Morgan fingerprint density at radius 1 is 1.11 bits per heavy atom. The molecule has 2 aromatic carbocycles. The van der Waals surface area contributed by atoms with E-state index in [2.05, 4.69) is 21.2 Å². The van der Waals surface area contributed by atoms with Gasteiger partial charge in [-0.25, -0.2) is 5.43 Å². The summed E-state index contributed by atoms with van der Waals surface area (Å²) in [5.41, 5.74) is 5.36. The van der Waals surface area contributed by atoms with Gasteiger partial charge in [-0.15, -0.1) is 0 Å². The quantitative estimate of drug-likeness (QED) is 0.402. The fourth-order valence-corrected chi connectivity index (χ4v) is 2.63. The lowest BCUT2D eigenvalue weighted by molar-refractivity contribution is -0.139. The summed E-state index contributed by atoms with van der Waals surface area (Å²) in [6.45, 7) is 1.93. The summed E-state index contributed by atoms with van der Waals surface area (Å²) in [4.78, 5) is 23.3. The SMILES string of the molecule is Cc1ccc(Nc2ccc(Cl)cc2/C=N\NC(=O)C(=O)NC2CC2)cc1Cl.